The van der Waals surface area contributed by atoms with E-state index in [2.05, 4.69) is 29.3 Å². The number of rotatable bonds is 1. The lowest BCUT2D eigenvalue weighted by Crippen LogP contribution is -2.05. The number of benzene rings is 2. The van der Waals surface area contributed by atoms with Crippen LogP contribution in [0.1, 0.15) is 16.7 Å². The number of nitrogens with zero attached hydrogens (tertiary/aromatic N) is 1. The third-order valence-corrected chi connectivity index (χ3v) is 3.33. The second-order valence-electron chi connectivity index (χ2n) is 4.16. The highest BCUT2D eigenvalue weighted by molar-refractivity contribution is 6.35. The van der Waals surface area contributed by atoms with Gasteiger partial charge in [-0.25, -0.2) is 0 Å². The highest BCUT2D eigenvalue weighted by Crippen LogP contribution is 2.24. The Morgan fingerprint density at radius 2 is 1.58 bits per heavy atom. The summed E-state index contributed by atoms with van der Waals surface area (Å²) < 4.78 is 0. The maximum absolute atomic E-state index is 6.28. The zero-order valence-electron chi connectivity index (χ0n) is 10.2. The molecule has 1 aliphatic rings. The summed E-state index contributed by atoms with van der Waals surface area (Å²) >= 11 is 6.28. The average Bonchev–Trinajstić information content (AvgIpc) is 2.62. The van der Waals surface area contributed by atoms with Crippen molar-refractivity contribution in [2.24, 2.45) is 4.99 Å². The lowest BCUT2D eigenvalue weighted by Gasteiger charge is -2.10. The molecular weight excluding hydrogens is 277 g/mol. The molecule has 0 aromatic heterocycles. The van der Waals surface area contributed by atoms with Crippen LogP contribution < -0.4 is 0 Å². The van der Waals surface area contributed by atoms with Gasteiger partial charge in [0.15, 0.2) is 0 Å². The summed E-state index contributed by atoms with van der Waals surface area (Å²) in [6.45, 7) is 0.690. The Morgan fingerprint density at radius 3 is 2.37 bits per heavy atom. The van der Waals surface area contributed by atoms with Gasteiger partial charge >= 0.3 is 0 Å². The van der Waals surface area contributed by atoms with Gasteiger partial charge in [0.1, 0.15) is 0 Å². The highest BCUT2D eigenvalue weighted by Gasteiger charge is 2.13. The van der Waals surface area contributed by atoms with Crippen LogP contribution in [0.5, 0.6) is 0 Å². The number of hydrogen-bond acceptors (Lipinski definition) is 1. The van der Waals surface area contributed by atoms with Crippen LogP contribution in [-0.4, -0.2) is 12.3 Å². The van der Waals surface area contributed by atoms with E-state index in [1.54, 1.807) is 0 Å². The predicted octanol–water partition coefficient (Wildman–Crippen LogP) is 4.63. The molecule has 0 saturated heterocycles. The highest BCUT2D eigenvalue weighted by atomic mass is 35.5. The Morgan fingerprint density at radius 1 is 0.895 bits per heavy atom. The van der Waals surface area contributed by atoms with E-state index in [0.29, 0.717) is 6.54 Å². The largest absolute Gasteiger partial charge is 0.280 e. The lowest BCUT2D eigenvalue weighted by atomic mass is 9.98. The molecule has 0 atom stereocenters. The number of fused-ring (bicyclic) bond motifs is 1. The fourth-order valence-electron chi connectivity index (χ4n) is 2.15. The van der Waals surface area contributed by atoms with E-state index in [-0.39, 0.29) is 12.4 Å². The first-order valence-electron chi connectivity index (χ1n) is 5.91. The average molecular weight is 290 g/mol. The number of hydrogen-bond donors (Lipinski definition) is 0. The van der Waals surface area contributed by atoms with Crippen LogP contribution in [0.3, 0.4) is 0 Å². The molecule has 1 heterocycles. The fourth-order valence-corrected chi connectivity index (χ4v) is 2.38. The molecule has 1 aliphatic heterocycles. The molecule has 3 heteroatoms. The Labute approximate surface area is 124 Å². The third kappa shape index (κ3) is 2.73. The summed E-state index contributed by atoms with van der Waals surface area (Å²) in [4.78, 5) is 4.64. The SMILES string of the molecule is Cl.Clc1ccccc1C1=NCC=Cc2ccccc21. The van der Waals surface area contributed by atoms with Crippen molar-refractivity contribution in [3.05, 3.63) is 76.3 Å². The van der Waals surface area contributed by atoms with Gasteiger partial charge in [-0.15, -0.1) is 12.4 Å². The van der Waals surface area contributed by atoms with E-state index in [1.807, 2.05) is 36.4 Å². The van der Waals surface area contributed by atoms with Gasteiger partial charge in [-0.1, -0.05) is 66.2 Å². The molecule has 0 saturated carbocycles. The number of halogens is 2. The topological polar surface area (TPSA) is 12.4 Å². The van der Waals surface area contributed by atoms with E-state index in [0.717, 1.165) is 21.9 Å². The first kappa shape index (κ1) is 13.9. The van der Waals surface area contributed by atoms with E-state index in [9.17, 15) is 0 Å². The molecule has 0 bridgehead atoms. The van der Waals surface area contributed by atoms with Crippen molar-refractivity contribution in [2.45, 2.75) is 0 Å². The van der Waals surface area contributed by atoms with Crippen LogP contribution in [0, 0.1) is 0 Å². The molecular formula is C16H13Cl2N. The van der Waals surface area contributed by atoms with Gasteiger partial charge in [0.05, 0.1) is 12.3 Å². The predicted molar refractivity (Wildman–Crippen MR) is 84.7 cm³/mol. The van der Waals surface area contributed by atoms with Crippen molar-refractivity contribution in [2.75, 3.05) is 6.54 Å². The van der Waals surface area contributed by atoms with Crippen molar-refractivity contribution in [1.29, 1.82) is 0 Å². The Balaban J connectivity index is 0.00000133. The van der Waals surface area contributed by atoms with Crippen LogP contribution in [-0.2, 0) is 0 Å². The van der Waals surface area contributed by atoms with Crippen LogP contribution in [0.2, 0.25) is 5.02 Å². The van der Waals surface area contributed by atoms with E-state index in [1.165, 1.54) is 5.56 Å². The minimum absolute atomic E-state index is 0. The standard InChI is InChI=1S/C16H12ClN.ClH/c17-15-10-4-3-9-14(15)16-13-8-2-1-6-12(13)7-5-11-18-16;/h1-10H,11H2;1H. The maximum atomic E-state index is 6.28. The fraction of sp³-hybridized carbons (Fsp3) is 0.0625. The minimum Gasteiger partial charge on any atom is -0.280 e. The molecule has 0 spiro atoms. The Bertz CT molecular complexity index is 645. The second-order valence-corrected chi connectivity index (χ2v) is 4.57. The van der Waals surface area contributed by atoms with Gasteiger partial charge < -0.3 is 0 Å². The van der Waals surface area contributed by atoms with Gasteiger partial charge in [0.25, 0.3) is 0 Å². The van der Waals surface area contributed by atoms with E-state index < -0.39 is 0 Å². The monoisotopic (exact) mass is 289 g/mol. The maximum Gasteiger partial charge on any atom is 0.0743 e. The zero-order valence-corrected chi connectivity index (χ0v) is 11.8. The molecule has 0 N–H and O–H groups in total. The molecule has 19 heavy (non-hydrogen) atoms. The summed E-state index contributed by atoms with van der Waals surface area (Å²) in [5, 5.41) is 0.743. The van der Waals surface area contributed by atoms with Crippen molar-refractivity contribution >= 4 is 35.8 Å². The number of aliphatic imine (C=N–C) groups is 1. The first-order valence-corrected chi connectivity index (χ1v) is 6.29. The summed E-state index contributed by atoms with van der Waals surface area (Å²) in [7, 11) is 0. The molecule has 3 rings (SSSR count). The minimum atomic E-state index is 0. The molecule has 2 aromatic carbocycles. The summed E-state index contributed by atoms with van der Waals surface area (Å²) in [6, 6.07) is 16.1. The zero-order chi connectivity index (χ0) is 12.4. The van der Waals surface area contributed by atoms with Crippen LogP contribution in [0.15, 0.2) is 59.6 Å². The summed E-state index contributed by atoms with van der Waals surface area (Å²) in [5.41, 5.74) is 4.30. The summed E-state index contributed by atoms with van der Waals surface area (Å²) in [5.74, 6) is 0. The van der Waals surface area contributed by atoms with Gasteiger partial charge in [-0.2, -0.15) is 0 Å². The molecule has 0 fully saturated rings. The Kier molecular flexibility index (Phi) is 4.41. The van der Waals surface area contributed by atoms with Crippen LogP contribution >= 0.6 is 24.0 Å². The quantitative estimate of drug-likeness (QED) is 0.726. The Hall–Kier alpha value is -1.57. The van der Waals surface area contributed by atoms with Crippen molar-refractivity contribution in [3.8, 4) is 0 Å². The lowest BCUT2D eigenvalue weighted by molar-refractivity contribution is 1.25. The molecule has 96 valence electrons. The van der Waals surface area contributed by atoms with Crippen molar-refractivity contribution in [1.82, 2.24) is 0 Å². The van der Waals surface area contributed by atoms with Gasteiger partial charge in [0, 0.05) is 16.1 Å². The summed E-state index contributed by atoms with van der Waals surface area (Å²) in [6.07, 6.45) is 4.19. The molecule has 0 unspecified atom stereocenters. The molecule has 0 aliphatic carbocycles. The first-order chi connectivity index (χ1) is 8.86. The molecule has 0 radical (unpaired) electrons. The van der Waals surface area contributed by atoms with E-state index >= 15 is 0 Å². The normalized spacial score (nSPS) is 13.0. The van der Waals surface area contributed by atoms with E-state index in [4.69, 9.17) is 11.6 Å². The molecule has 1 nitrogen and oxygen atoms in total. The smallest absolute Gasteiger partial charge is 0.0743 e. The van der Waals surface area contributed by atoms with Gasteiger partial charge in [0.2, 0.25) is 0 Å². The third-order valence-electron chi connectivity index (χ3n) is 3.00. The van der Waals surface area contributed by atoms with Crippen molar-refractivity contribution in [3.63, 3.8) is 0 Å². The van der Waals surface area contributed by atoms with Crippen LogP contribution in [0.4, 0.5) is 0 Å². The van der Waals surface area contributed by atoms with Crippen LogP contribution in [0.25, 0.3) is 6.08 Å². The van der Waals surface area contributed by atoms with Gasteiger partial charge in [-0.05, 0) is 11.6 Å². The molecule has 0 amide bonds. The van der Waals surface area contributed by atoms with Crippen molar-refractivity contribution < 1.29 is 0 Å². The van der Waals surface area contributed by atoms with Gasteiger partial charge in [-0.3, -0.25) is 4.99 Å². The molecule has 2 aromatic rings. The second kappa shape index (κ2) is 6.05.